The van der Waals surface area contributed by atoms with Crippen LogP contribution in [0.1, 0.15) is 13.3 Å². The summed E-state index contributed by atoms with van der Waals surface area (Å²) in [5.74, 6) is 0. The molecule has 0 bridgehead atoms. The quantitative estimate of drug-likeness (QED) is 0.666. The Balaban J connectivity index is 2.73. The molecule has 4 heteroatoms. The first kappa shape index (κ1) is 9.03. The van der Waals surface area contributed by atoms with E-state index in [0.717, 1.165) is 0 Å². The minimum Gasteiger partial charge on any atom is -0.300 e. The summed E-state index contributed by atoms with van der Waals surface area (Å²) >= 11 is 0. The first-order valence-electron chi connectivity index (χ1n) is 4.11. The molecule has 1 rings (SSSR count). The second kappa shape index (κ2) is 4.09. The van der Waals surface area contributed by atoms with Crippen LogP contribution in [0.3, 0.4) is 0 Å². The van der Waals surface area contributed by atoms with Crippen LogP contribution in [0.15, 0.2) is 17.2 Å². The molecule has 3 nitrogen and oxygen atoms in total. The Morgan fingerprint density at radius 3 is 2.58 bits per heavy atom. The van der Waals surface area contributed by atoms with E-state index in [9.17, 15) is 9.18 Å². The molecule has 1 aromatic heterocycles. The molecule has 0 fully saturated rings. The Labute approximate surface area is 70.4 Å². The van der Waals surface area contributed by atoms with Gasteiger partial charge in [0.05, 0.1) is 6.67 Å². The van der Waals surface area contributed by atoms with Crippen LogP contribution in [-0.4, -0.2) is 15.8 Å². The number of nitrogens with zero attached hydrogens (tertiary/aromatic N) is 2. The summed E-state index contributed by atoms with van der Waals surface area (Å²) in [5, 5.41) is 0. The van der Waals surface area contributed by atoms with Gasteiger partial charge in [-0.2, -0.15) is 0 Å². The highest BCUT2D eigenvalue weighted by molar-refractivity contribution is 4.80. The highest BCUT2D eigenvalue weighted by Crippen LogP contribution is 1.89. The van der Waals surface area contributed by atoms with E-state index in [-0.39, 0.29) is 12.4 Å². The first-order valence-corrected chi connectivity index (χ1v) is 4.11. The van der Waals surface area contributed by atoms with Gasteiger partial charge < -0.3 is 0 Å². The Morgan fingerprint density at radius 2 is 2.08 bits per heavy atom. The molecule has 0 amide bonds. The van der Waals surface area contributed by atoms with Gasteiger partial charge in [-0.15, -0.1) is 0 Å². The summed E-state index contributed by atoms with van der Waals surface area (Å²) in [6, 6.07) is 0. The SMILES string of the molecule is CCn1ccn(CCCF)c1=O. The molecule has 0 aliphatic rings. The topological polar surface area (TPSA) is 26.9 Å². The maximum atomic E-state index is 11.8. The Kier molecular flexibility index (Phi) is 3.08. The van der Waals surface area contributed by atoms with E-state index in [1.54, 1.807) is 17.0 Å². The fourth-order valence-corrected chi connectivity index (χ4v) is 1.09. The van der Waals surface area contributed by atoms with Crippen molar-refractivity contribution < 1.29 is 4.39 Å². The third-order valence-corrected chi connectivity index (χ3v) is 1.79. The molecule has 0 saturated heterocycles. The van der Waals surface area contributed by atoms with Crippen LogP contribution < -0.4 is 5.69 Å². The van der Waals surface area contributed by atoms with E-state index >= 15 is 0 Å². The van der Waals surface area contributed by atoms with Crippen molar-refractivity contribution in [3.63, 3.8) is 0 Å². The van der Waals surface area contributed by atoms with Gasteiger partial charge in [-0.05, 0) is 13.3 Å². The van der Waals surface area contributed by atoms with Crippen molar-refractivity contribution in [3.8, 4) is 0 Å². The second-order valence-electron chi connectivity index (χ2n) is 2.60. The van der Waals surface area contributed by atoms with Crippen molar-refractivity contribution in [3.05, 3.63) is 22.9 Å². The van der Waals surface area contributed by atoms with E-state index in [1.165, 1.54) is 4.57 Å². The van der Waals surface area contributed by atoms with Crippen molar-refractivity contribution in [1.82, 2.24) is 9.13 Å². The predicted octanol–water partition coefficient (Wildman–Crippen LogP) is 1.03. The summed E-state index contributed by atoms with van der Waals surface area (Å²) in [6.45, 7) is 2.68. The van der Waals surface area contributed by atoms with E-state index in [0.29, 0.717) is 19.5 Å². The molecule has 0 aliphatic carbocycles. The molecule has 0 aromatic carbocycles. The lowest BCUT2D eigenvalue weighted by molar-refractivity contribution is 0.442. The summed E-state index contributed by atoms with van der Waals surface area (Å²) < 4.78 is 14.9. The Hall–Kier alpha value is -1.06. The molecule has 0 atom stereocenters. The van der Waals surface area contributed by atoms with Crippen molar-refractivity contribution in [2.45, 2.75) is 26.4 Å². The van der Waals surface area contributed by atoms with Crippen molar-refractivity contribution >= 4 is 0 Å². The number of halogens is 1. The van der Waals surface area contributed by atoms with Crippen molar-refractivity contribution in [2.24, 2.45) is 0 Å². The van der Waals surface area contributed by atoms with Crippen LogP contribution in [0.4, 0.5) is 4.39 Å². The molecule has 0 N–H and O–H groups in total. The lowest BCUT2D eigenvalue weighted by atomic mass is 10.5. The number of hydrogen-bond acceptors (Lipinski definition) is 1. The maximum absolute atomic E-state index is 11.8. The molecule has 0 unspecified atom stereocenters. The van der Waals surface area contributed by atoms with Crippen LogP contribution in [0.25, 0.3) is 0 Å². The monoisotopic (exact) mass is 172 g/mol. The maximum Gasteiger partial charge on any atom is 0.328 e. The van der Waals surface area contributed by atoms with E-state index in [2.05, 4.69) is 0 Å². The van der Waals surface area contributed by atoms with E-state index in [4.69, 9.17) is 0 Å². The number of rotatable bonds is 4. The molecule has 12 heavy (non-hydrogen) atoms. The molecule has 0 radical (unpaired) electrons. The normalized spacial score (nSPS) is 10.5. The van der Waals surface area contributed by atoms with Gasteiger partial charge >= 0.3 is 5.69 Å². The van der Waals surface area contributed by atoms with Crippen LogP contribution in [0.2, 0.25) is 0 Å². The van der Waals surface area contributed by atoms with Gasteiger partial charge in [-0.25, -0.2) is 4.79 Å². The first-order chi connectivity index (χ1) is 5.79. The molecular formula is C8H13FN2O. The smallest absolute Gasteiger partial charge is 0.300 e. The fourth-order valence-electron chi connectivity index (χ4n) is 1.09. The Bertz CT molecular complexity index is 289. The number of aryl methyl sites for hydroxylation is 2. The number of hydrogen-bond donors (Lipinski definition) is 0. The summed E-state index contributed by atoms with van der Waals surface area (Å²) in [7, 11) is 0. The molecule has 0 aliphatic heterocycles. The summed E-state index contributed by atoms with van der Waals surface area (Å²) in [6.07, 6.45) is 3.83. The summed E-state index contributed by atoms with van der Waals surface area (Å²) in [4.78, 5) is 11.3. The van der Waals surface area contributed by atoms with E-state index in [1.807, 2.05) is 6.92 Å². The average Bonchev–Trinajstić information content (AvgIpc) is 2.43. The zero-order valence-electron chi connectivity index (χ0n) is 7.16. The third-order valence-electron chi connectivity index (χ3n) is 1.79. The third kappa shape index (κ3) is 1.75. The van der Waals surface area contributed by atoms with Crippen LogP contribution in [0.5, 0.6) is 0 Å². The van der Waals surface area contributed by atoms with E-state index < -0.39 is 0 Å². The van der Waals surface area contributed by atoms with Gasteiger partial charge in [0.1, 0.15) is 0 Å². The van der Waals surface area contributed by atoms with Gasteiger partial charge in [0, 0.05) is 25.5 Å². The predicted molar refractivity (Wildman–Crippen MR) is 45.0 cm³/mol. The van der Waals surface area contributed by atoms with Gasteiger partial charge in [0.15, 0.2) is 0 Å². The van der Waals surface area contributed by atoms with Crippen LogP contribution in [0, 0.1) is 0 Å². The zero-order chi connectivity index (χ0) is 8.97. The minimum absolute atomic E-state index is 0.0500. The van der Waals surface area contributed by atoms with Crippen molar-refractivity contribution in [1.29, 1.82) is 0 Å². The second-order valence-corrected chi connectivity index (χ2v) is 2.60. The van der Waals surface area contributed by atoms with Gasteiger partial charge in [0.25, 0.3) is 0 Å². The van der Waals surface area contributed by atoms with Gasteiger partial charge in [0.2, 0.25) is 0 Å². The minimum atomic E-state index is -0.371. The number of alkyl halides is 1. The molecule has 0 saturated carbocycles. The molecular weight excluding hydrogens is 159 g/mol. The van der Waals surface area contributed by atoms with Crippen LogP contribution in [-0.2, 0) is 13.1 Å². The standard InChI is InChI=1S/C8H13FN2O/c1-2-10-6-7-11(8(10)12)5-3-4-9/h6-7H,2-5H2,1H3. The fraction of sp³-hybridized carbons (Fsp3) is 0.625. The highest BCUT2D eigenvalue weighted by atomic mass is 19.1. The van der Waals surface area contributed by atoms with Gasteiger partial charge in [-0.3, -0.25) is 13.5 Å². The van der Waals surface area contributed by atoms with Gasteiger partial charge in [-0.1, -0.05) is 0 Å². The number of imidazole rings is 1. The highest BCUT2D eigenvalue weighted by Gasteiger charge is 1.99. The van der Waals surface area contributed by atoms with Crippen molar-refractivity contribution in [2.75, 3.05) is 6.67 Å². The summed E-state index contributed by atoms with van der Waals surface area (Å²) in [5.41, 5.74) is -0.0500. The largest absolute Gasteiger partial charge is 0.328 e. The molecule has 0 spiro atoms. The zero-order valence-corrected chi connectivity index (χ0v) is 7.16. The lowest BCUT2D eigenvalue weighted by Crippen LogP contribution is -2.23. The number of aromatic nitrogens is 2. The average molecular weight is 172 g/mol. The lowest BCUT2D eigenvalue weighted by Gasteiger charge is -1.97. The Morgan fingerprint density at radius 1 is 1.42 bits per heavy atom. The molecule has 68 valence electrons. The molecule has 1 aromatic rings. The van der Waals surface area contributed by atoms with Crippen LogP contribution >= 0.6 is 0 Å². The molecule has 1 heterocycles.